The molecule has 0 aromatic heterocycles. The molecule has 0 fully saturated rings. The molecule has 1 aromatic carbocycles. The first-order chi connectivity index (χ1) is 6.91. The number of hydrogen-bond acceptors (Lipinski definition) is 1. The third-order valence-electron chi connectivity index (χ3n) is 2.04. The summed E-state index contributed by atoms with van der Waals surface area (Å²) in [7, 11) is 1.76. The molecule has 4 heteroatoms. The van der Waals surface area contributed by atoms with Crippen LogP contribution in [0.4, 0.5) is 14.5 Å². The molecule has 0 amide bonds. The van der Waals surface area contributed by atoms with E-state index in [1.165, 1.54) is 6.07 Å². The van der Waals surface area contributed by atoms with Crippen LogP contribution in [0, 0.1) is 17.6 Å². The van der Waals surface area contributed by atoms with Crippen molar-refractivity contribution in [2.24, 2.45) is 5.92 Å². The fourth-order valence-electron chi connectivity index (χ4n) is 1.45. The molecule has 0 bridgehead atoms. The first-order valence-corrected chi connectivity index (χ1v) is 5.15. The van der Waals surface area contributed by atoms with Crippen LogP contribution in [-0.4, -0.2) is 13.6 Å². The van der Waals surface area contributed by atoms with Crippen molar-refractivity contribution in [3.63, 3.8) is 0 Å². The molecule has 0 heterocycles. The van der Waals surface area contributed by atoms with Crippen molar-refractivity contribution >= 4 is 17.3 Å². The van der Waals surface area contributed by atoms with Crippen molar-refractivity contribution in [2.75, 3.05) is 18.5 Å². The Bertz CT molecular complexity index is 353. The van der Waals surface area contributed by atoms with Crippen LogP contribution in [0.15, 0.2) is 12.1 Å². The molecule has 1 nitrogen and oxygen atoms in total. The van der Waals surface area contributed by atoms with E-state index in [4.69, 9.17) is 11.6 Å². The molecule has 0 aliphatic heterocycles. The highest BCUT2D eigenvalue weighted by molar-refractivity contribution is 6.31. The van der Waals surface area contributed by atoms with E-state index in [0.29, 0.717) is 18.2 Å². The molecule has 0 aliphatic rings. The van der Waals surface area contributed by atoms with Gasteiger partial charge in [-0.05, 0) is 12.0 Å². The van der Waals surface area contributed by atoms with Gasteiger partial charge in [-0.3, -0.25) is 0 Å². The van der Waals surface area contributed by atoms with Crippen LogP contribution in [0.5, 0.6) is 0 Å². The zero-order valence-corrected chi connectivity index (χ0v) is 9.78. The maximum Gasteiger partial charge on any atom is 0.149 e. The lowest BCUT2D eigenvalue weighted by atomic mass is 10.2. The Kier molecular flexibility index (Phi) is 3.91. The van der Waals surface area contributed by atoms with E-state index in [1.54, 1.807) is 11.9 Å². The molecule has 0 N–H and O–H groups in total. The largest absolute Gasteiger partial charge is 0.372 e. The number of anilines is 1. The predicted molar refractivity (Wildman–Crippen MR) is 59.5 cm³/mol. The lowest BCUT2D eigenvalue weighted by Crippen LogP contribution is -2.23. The second-order valence-electron chi connectivity index (χ2n) is 3.99. The molecule has 0 aliphatic carbocycles. The number of nitrogens with zero attached hydrogens (tertiary/aromatic N) is 1. The minimum Gasteiger partial charge on any atom is -0.372 e. The van der Waals surface area contributed by atoms with E-state index in [9.17, 15) is 8.78 Å². The highest BCUT2D eigenvalue weighted by Gasteiger charge is 2.12. The van der Waals surface area contributed by atoms with E-state index < -0.39 is 11.6 Å². The van der Waals surface area contributed by atoms with Crippen molar-refractivity contribution < 1.29 is 8.78 Å². The van der Waals surface area contributed by atoms with Crippen LogP contribution in [-0.2, 0) is 0 Å². The Morgan fingerprint density at radius 1 is 1.27 bits per heavy atom. The maximum absolute atomic E-state index is 13.4. The first-order valence-electron chi connectivity index (χ1n) is 4.77. The van der Waals surface area contributed by atoms with Gasteiger partial charge in [-0.15, -0.1) is 0 Å². The Morgan fingerprint density at radius 3 is 2.40 bits per heavy atom. The topological polar surface area (TPSA) is 3.24 Å². The van der Waals surface area contributed by atoms with Crippen LogP contribution in [0.2, 0.25) is 5.02 Å². The van der Waals surface area contributed by atoms with Crippen molar-refractivity contribution in [3.8, 4) is 0 Å². The minimum atomic E-state index is -0.726. The summed E-state index contributed by atoms with van der Waals surface area (Å²) < 4.78 is 26.3. The number of hydrogen-bond donors (Lipinski definition) is 0. The molecule has 0 atom stereocenters. The number of rotatable bonds is 3. The lowest BCUT2D eigenvalue weighted by molar-refractivity contribution is 0.573. The number of halogens is 3. The Morgan fingerprint density at radius 2 is 1.87 bits per heavy atom. The SMILES string of the molecule is CC(C)CN(C)c1cc(Cl)c(F)cc1F. The molecule has 0 saturated heterocycles. The van der Waals surface area contributed by atoms with Crippen molar-refractivity contribution in [2.45, 2.75) is 13.8 Å². The lowest BCUT2D eigenvalue weighted by Gasteiger charge is -2.22. The van der Waals surface area contributed by atoms with E-state index in [2.05, 4.69) is 0 Å². The summed E-state index contributed by atoms with van der Waals surface area (Å²) in [6.45, 7) is 4.75. The van der Waals surface area contributed by atoms with Gasteiger partial charge in [-0.2, -0.15) is 0 Å². The van der Waals surface area contributed by atoms with Crippen LogP contribution < -0.4 is 4.90 Å². The smallest absolute Gasteiger partial charge is 0.149 e. The fourth-order valence-corrected chi connectivity index (χ4v) is 1.61. The molecule has 0 unspecified atom stereocenters. The van der Waals surface area contributed by atoms with Crippen molar-refractivity contribution in [1.82, 2.24) is 0 Å². The quantitative estimate of drug-likeness (QED) is 0.720. The van der Waals surface area contributed by atoms with Gasteiger partial charge in [0.2, 0.25) is 0 Å². The summed E-state index contributed by atoms with van der Waals surface area (Å²) in [6.07, 6.45) is 0. The van der Waals surface area contributed by atoms with Gasteiger partial charge in [0.05, 0.1) is 10.7 Å². The van der Waals surface area contributed by atoms with Crippen LogP contribution in [0.25, 0.3) is 0 Å². The van der Waals surface area contributed by atoms with Gasteiger partial charge in [-0.25, -0.2) is 8.78 Å². The van der Waals surface area contributed by atoms with Crippen LogP contribution in [0.3, 0.4) is 0 Å². The molecule has 1 aromatic rings. The van der Waals surface area contributed by atoms with E-state index in [0.717, 1.165) is 6.07 Å². The molecule has 1 rings (SSSR count). The fraction of sp³-hybridized carbons (Fsp3) is 0.455. The second-order valence-corrected chi connectivity index (χ2v) is 4.40. The molecule has 0 spiro atoms. The predicted octanol–water partition coefficient (Wildman–Crippen LogP) is 3.71. The summed E-state index contributed by atoms with van der Waals surface area (Å²) in [6, 6.07) is 2.13. The molecule has 15 heavy (non-hydrogen) atoms. The molecule has 84 valence electrons. The first kappa shape index (κ1) is 12.2. The molecule has 0 saturated carbocycles. The average Bonchev–Trinajstić information content (AvgIpc) is 2.09. The van der Waals surface area contributed by atoms with Gasteiger partial charge in [0, 0.05) is 19.7 Å². The maximum atomic E-state index is 13.4. The summed E-state index contributed by atoms with van der Waals surface area (Å²) in [5.74, 6) is -0.908. The standard InChI is InChI=1S/C11H14ClF2N/c1-7(2)6-15(3)11-4-8(12)9(13)5-10(11)14/h4-5,7H,6H2,1-3H3. The van der Waals surface area contributed by atoms with Gasteiger partial charge < -0.3 is 4.90 Å². The zero-order valence-electron chi connectivity index (χ0n) is 9.02. The zero-order chi connectivity index (χ0) is 11.6. The van der Waals surface area contributed by atoms with Crippen LogP contribution in [0.1, 0.15) is 13.8 Å². The third kappa shape index (κ3) is 3.06. The van der Waals surface area contributed by atoms with Gasteiger partial charge >= 0.3 is 0 Å². The molecular weight excluding hydrogens is 220 g/mol. The highest BCUT2D eigenvalue weighted by atomic mass is 35.5. The van der Waals surface area contributed by atoms with Crippen molar-refractivity contribution in [1.29, 1.82) is 0 Å². The third-order valence-corrected chi connectivity index (χ3v) is 2.33. The normalized spacial score (nSPS) is 10.9. The Labute approximate surface area is 93.7 Å². The van der Waals surface area contributed by atoms with Gasteiger partial charge in [0.25, 0.3) is 0 Å². The minimum absolute atomic E-state index is 0.0537. The van der Waals surface area contributed by atoms with Gasteiger partial charge in [0.15, 0.2) is 0 Å². The monoisotopic (exact) mass is 233 g/mol. The summed E-state index contributed by atoms with van der Waals surface area (Å²) >= 11 is 5.60. The average molecular weight is 234 g/mol. The summed E-state index contributed by atoms with van der Waals surface area (Å²) in [4.78, 5) is 1.73. The van der Waals surface area contributed by atoms with E-state index in [1.807, 2.05) is 13.8 Å². The van der Waals surface area contributed by atoms with Crippen molar-refractivity contribution in [3.05, 3.63) is 28.8 Å². The second kappa shape index (κ2) is 4.79. The Hall–Kier alpha value is -0.830. The van der Waals surface area contributed by atoms with Gasteiger partial charge in [-0.1, -0.05) is 25.4 Å². The number of benzene rings is 1. The summed E-state index contributed by atoms with van der Waals surface area (Å²) in [5, 5.41) is -0.0537. The Balaban J connectivity index is 2.98. The van der Waals surface area contributed by atoms with E-state index in [-0.39, 0.29) is 5.02 Å². The molecule has 0 radical (unpaired) electrons. The van der Waals surface area contributed by atoms with Crippen LogP contribution >= 0.6 is 11.6 Å². The van der Waals surface area contributed by atoms with E-state index >= 15 is 0 Å². The summed E-state index contributed by atoms with van der Waals surface area (Å²) in [5.41, 5.74) is 0.329. The van der Waals surface area contributed by atoms with Gasteiger partial charge in [0.1, 0.15) is 11.6 Å². The highest BCUT2D eigenvalue weighted by Crippen LogP contribution is 2.25. The molecular formula is C11H14ClF2N.